The van der Waals surface area contributed by atoms with Crippen molar-refractivity contribution in [1.29, 1.82) is 0 Å². The average Bonchev–Trinajstić information content (AvgIpc) is 3.86. The van der Waals surface area contributed by atoms with Crippen LogP contribution in [0.3, 0.4) is 0 Å². The fourth-order valence-electron chi connectivity index (χ4n) is 7.40. The lowest BCUT2D eigenvalue weighted by molar-refractivity contribution is 1.08. The van der Waals surface area contributed by atoms with Gasteiger partial charge >= 0.3 is 0 Å². The van der Waals surface area contributed by atoms with Gasteiger partial charge in [0, 0.05) is 73.7 Å². The van der Waals surface area contributed by atoms with E-state index >= 15 is 0 Å². The Balaban J connectivity index is 1.13. The predicted octanol–water partition coefficient (Wildman–Crippen LogP) is 12.8. The molecule has 0 saturated carbocycles. The highest BCUT2D eigenvalue weighted by Gasteiger charge is 2.21. The summed E-state index contributed by atoms with van der Waals surface area (Å²) in [6, 6.07) is 58.1. The minimum Gasteiger partial charge on any atom is -0.208 e. The van der Waals surface area contributed by atoms with Gasteiger partial charge in [-0.3, -0.25) is 0 Å². The average molecular weight is 753 g/mol. The second-order valence-electron chi connectivity index (χ2n) is 13.5. The molecule has 0 bridgehead atoms. The number of rotatable bonds is 6. The van der Waals surface area contributed by atoms with E-state index in [2.05, 4.69) is 91.0 Å². The van der Waals surface area contributed by atoms with E-state index in [9.17, 15) is 0 Å². The van der Waals surface area contributed by atoms with E-state index in [-0.39, 0.29) is 0 Å². The molecule has 8 heteroatoms. The van der Waals surface area contributed by atoms with Crippen LogP contribution in [0.4, 0.5) is 0 Å². The molecule has 0 fully saturated rings. The summed E-state index contributed by atoms with van der Waals surface area (Å²) < 4.78 is 4.62. The molecule has 4 aromatic heterocycles. The van der Waals surface area contributed by atoms with Gasteiger partial charge in [-0.15, -0.1) is 22.7 Å². The predicted molar refractivity (Wildman–Crippen MR) is 232 cm³/mol. The minimum absolute atomic E-state index is 0.624. The number of thiophene rings is 2. The Bertz CT molecular complexity index is 3190. The molecule has 0 saturated heterocycles. The number of hydrogen-bond donors (Lipinski definition) is 0. The summed E-state index contributed by atoms with van der Waals surface area (Å²) in [7, 11) is 0. The maximum absolute atomic E-state index is 5.27. The third-order valence-electron chi connectivity index (χ3n) is 10.0. The molecule has 6 nitrogen and oxygen atoms in total. The smallest absolute Gasteiger partial charge is 0.165 e. The van der Waals surface area contributed by atoms with Gasteiger partial charge in [0.25, 0.3) is 0 Å². The Hall–Kier alpha value is -7.00. The third-order valence-corrected chi connectivity index (χ3v) is 12.4. The van der Waals surface area contributed by atoms with Gasteiger partial charge < -0.3 is 0 Å². The van der Waals surface area contributed by atoms with Crippen LogP contribution in [0.25, 0.3) is 109 Å². The zero-order valence-electron chi connectivity index (χ0n) is 29.7. The van der Waals surface area contributed by atoms with Gasteiger partial charge in [-0.1, -0.05) is 146 Å². The second kappa shape index (κ2) is 13.4. The Labute approximate surface area is 329 Å². The van der Waals surface area contributed by atoms with Gasteiger partial charge in [0.05, 0.1) is 0 Å². The summed E-state index contributed by atoms with van der Waals surface area (Å²) in [5, 5.41) is 4.62. The number of fused-ring (bicyclic) bond motifs is 6. The first-order valence-corrected chi connectivity index (χ1v) is 19.9. The van der Waals surface area contributed by atoms with E-state index in [0.717, 1.165) is 58.3 Å². The molecule has 0 spiro atoms. The van der Waals surface area contributed by atoms with Gasteiger partial charge in [-0.05, 0) is 24.3 Å². The number of benzene rings is 7. The van der Waals surface area contributed by atoms with E-state index < -0.39 is 0 Å². The Morgan fingerprint density at radius 3 is 1.23 bits per heavy atom. The molecule has 0 unspecified atom stereocenters. The van der Waals surface area contributed by atoms with Crippen LogP contribution in [0.15, 0.2) is 170 Å². The molecule has 262 valence electrons. The highest BCUT2D eigenvalue weighted by molar-refractivity contribution is 7.26. The summed E-state index contributed by atoms with van der Waals surface area (Å²) in [4.78, 5) is 30.7. The van der Waals surface area contributed by atoms with E-state index in [0.29, 0.717) is 34.9 Å². The van der Waals surface area contributed by atoms with Gasteiger partial charge in [-0.2, -0.15) is 0 Å². The van der Waals surface area contributed by atoms with Crippen molar-refractivity contribution in [3.8, 4) is 68.3 Å². The summed E-state index contributed by atoms with van der Waals surface area (Å²) in [5.74, 6) is 3.80. The van der Waals surface area contributed by atoms with E-state index in [1.165, 1.54) is 15.5 Å². The van der Waals surface area contributed by atoms with Crippen molar-refractivity contribution in [1.82, 2.24) is 29.9 Å². The van der Waals surface area contributed by atoms with Gasteiger partial charge in [0.1, 0.15) is 0 Å². The fraction of sp³-hybridized carbons (Fsp3) is 0. The van der Waals surface area contributed by atoms with E-state index in [1.54, 1.807) is 22.7 Å². The number of hydrogen-bond acceptors (Lipinski definition) is 8. The standard InChI is InChI=1S/C48H28N6S2/c1-4-15-29(16-5-1)43-49-44(30-17-6-2-7-18-30)51-46(50-43)35-24-14-28-39-40(35)34-23-13-26-37(42(34)56-39)48-53-45(31-19-8-3-9-20-31)52-47(54-48)36-25-12-22-33-32-21-10-11-27-38(32)55-41(33)36/h1-28H. The molecule has 11 rings (SSSR count). The number of nitrogens with zero attached hydrogens (tertiary/aromatic N) is 6. The molecule has 0 N–H and O–H groups in total. The van der Waals surface area contributed by atoms with E-state index in [1.807, 2.05) is 78.9 Å². The zero-order chi connectivity index (χ0) is 37.0. The van der Waals surface area contributed by atoms with Gasteiger partial charge in [-0.25, -0.2) is 29.9 Å². The van der Waals surface area contributed by atoms with Crippen LogP contribution in [0.5, 0.6) is 0 Å². The van der Waals surface area contributed by atoms with Crippen molar-refractivity contribution in [2.24, 2.45) is 0 Å². The molecule has 4 heterocycles. The molecular formula is C48H28N6S2. The normalized spacial score (nSPS) is 11.6. The Morgan fingerprint density at radius 2 is 0.643 bits per heavy atom. The number of aromatic nitrogens is 6. The SMILES string of the molecule is c1ccc(-c2nc(-c3cccc4c3sc3ccccc34)nc(-c3cccc4c3sc3cccc(-c5nc(-c6ccccc6)nc(-c6ccccc6)n5)c34)n2)cc1. The lowest BCUT2D eigenvalue weighted by atomic mass is 10.0. The Kier molecular flexibility index (Phi) is 7.75. The summed E-state index contributed by atoms with van der Waals surface area (Å²) in [5.41, 5.74) is 5.69. The van der Waals surface area contributed by atoms with Crippen LogP contribution >= 0.6 is 22.7 Å². The first-order chi connectivity index (χ1) is 27.7. The third kappa shape index (κ3) is 5.54. The first kappa shape index (κ1) is 32.4. The van der Waals surface area contributed by atoms with Crippen molar-refractivity contribution < 1.29 is 0 Å². The molecule has 0 amide bonds. The zero-order valence-corrected chi connectivity index (χ0v) is 31.3. The van der Waals surface area contributed by atoms with Gasteiger partial charge in [0.15, 0.2) is 34.9 Å². The van der Waals surface area contributed by atoms with Crippen molar-refractivity contribution in [3.05, 3.63) is 170 Å². The maximum atomic E-state index is 5.27. The summed E-state index contributed by atoms with van der Waals surface area (Å²) >= 11 is 3.51. The maximum Gasteiger partial charge on any atom is 0.165 e. The Morgan fingerprint density at radius 1 is 0.268 bits per heavy atom. The van der Waals surface area contributed by atoms with Crippen LogP contribution < -0.4 is 0 Å². The van der Waals surface area contributed by atoms with Crippen LogP contribution in [0.2, 0.25) is 0 Å². The molecule has 0 radical (unpaired) electrons. The molecular weight excluding hydrogens is 725 g/mol. The molecule has 0 aliphatic heterocycles. The molecule has 56 heavy (non-hydrogen) atoms. The quantitative estimate of drug-likeness (QED) is 0.168. The minimum atomic E-state index is 0.624. The molecule has 7 aromatic carbocycles. The highest BCUT2D eigenvalue weighted by atomic mass is 32.1. The van der Waals surface area contributed by atoms with Crippen molar-refractivity contribution in [2.75, 3.05) is 0 Å². The lowest BCUT2D eigenvalue weighted by Crippen LogP contribution is -2.00. The van der Waals surface area contributed by atoms with Gasteiger partial charge in [0.2, 0.25) is 0 Å². The topological polar surface area (TPSA) is 77.3 Å². The summed E-state index contributed by atoms with van der Waals surface area (Å²) in [6.45, 7) is 0. The second-order valence-corrected chi connectivity index (χ2v) is 15.6. The van der Waals surface area contributed by atoms with Crippen molar-refractivity contribution in [3.63, 3.8) is 0 Å². The molecule has 11 aromatic rings. The van der Waals surface area contributed by atoms with Crippen molar-refractivity contribution >= 4 is 63.0 Å². The monoisotopic (exact) mass is 752 g/mol. The fourth-order valence-corrected chi connectivity index (χ4v) is 9.85. The van der Waals surface area contributed by atoms with Crippen LogP contribution in [0, 0.1) is 0 Å². The molecule has 0 aliphatic rings. The van der Waals surface area contributed by atoms with Crippen LogP contribution in [-0.2, 0) is 0 Å². The molecule has 0 atom stereocenters. The largest absolute Gasteiger partial charge is 0.208 e. The van der Waals surface area contributed by atoms with Crippen molar-refractivity contribution in [2.45, 2.75) is 0 Å². The van der Waals surface area contributed by atoms with Crippen LogP contribution in [0.1, 0.15) is 0 Å². The first-order valence-electron chi connectivity index (χ1n) is 18.3. The molecule has 0 aliphatic carbocycles. The van der Waals surface area contributed by atoms with Crippen LogP contribution in [-0.4, -0.2) is 29.9 Å². The highest BCUT2D eigenvalue weighted by Crippen LogP contribution is 2.44. The van der Waals surface area contributed by atoms with E-state index in [4.69, 9.17) is 29.9 Å². The summed E-state index contributed by atoms with van der Waals surface area (Å²) in [6.07, 6.45) is 0. The lowest BCUT2D eigenvalue weighted by Gasteiger charge is -2.10.